The third kappa shape index (κ3) is 1.67. The van der Waals surface area contributed by atoms with E-state index in [9.17, 15) is 0 Å². The predicted molar refractivity (Wildman–Crippen MR) is 58.3 cm³/mol. The van der Waals surface area contributed by atoms with Crippen LogP contribution >= 0.6 is 0 Å². The van der Waals surface area contributed by atoms with Gasteiger partial charge < -0.3 is 0 Å². The standard InChI is InChI=1S/C12H18N2/c1-9-7-11(8-13-10(9)2)12-5-4-6-14(12)3/h7-8,12H,4-6H2,1-3H3. The molecule has 1 saturated heterocycles. The minimum absolute atomic E-state index is 0.599. The van der Waals surface area contributed by atoms with Crippen LogP contribution in [0.5, 0.6) is 0 Å². The Bertz CT molecular complexity index is 333. The van der Waals surface area contributed by atoms with Crippen molar-refractivity contribution < 1.29 is 0 Å². The molecule has 2 nitrogen and oxygen atoms in total. The fraction of sp³-hybridized carbons (Fsp3) is 0.583. The first kappa shape index (κ1) is 9.66. The van der Waals surface area contributed by atoms with Gasteiger partial charge in [0, 0.05) is 17.9 Å². The van der Waals surface area contributed by atoms with Gasteiger partial charge in [0.1, 0.15) is 0 Å². The monoisotopic (exact) mass is 190 g/mol. The summed E-state index contributed by atoms with van der Waals surface area (Å²) in [5.74, 6) is 0. The molecular formula is C12H18N2. The van der Waals surface area contributed by atoms with Crippen molar-refractivity contribution in [3.05, 3.63) is 29.1 Å². The van der Waals surface area contributed by atoms with Gasteiger partial charge in [-0.25, -0.2) is 0 Å². The van der Waals surface area contributed by atoms with E-state index in [0.29, 0.717) is 6.04 Å². The molecule has 0 spiro atoms. The fourth-order valence-electron chi connectivity index (χ4n) is 2.18. The van der Waals surface area contributed by atoms with Gasteiger partial charge in [0.05, 0.1) is 0 Å². The molecule has 1 aromatic rings. The molecule has 1 aliphatic heterocycles. The van der Waals surface area contributed by atoms with E-state index in [1.807, 2.05) is 6.20 Å². The minimum atomic E-state index is 0.599. The van der Waals surface area contributed by atoms with Crippen LogP contribution in [0.15, 0.2) is 12.3 Å². The number of hydrogen-bond donors (Lipinski definition) is 0. The van der Waals surface area contributed by atoms with Crippen LogP contribution in [0.25, 0.3) is 0 Å². The Morgan fingerprint density at radius 3 is 2.79 bits per heavy atom. The third-order valence-corrected chi connectivity index (χ3v) is 3.27. The van der Waals surface area contributed by atoms with Gasteiger partial charge in [-0.15, -0.1) is 0 Å². The first-order valence-electron chi connectivity index (χ1n) is 5.32. The maximum atomic E-state index is 4.43. The van der Waals surface area contributed by atoms with E-state index in [2.05, 4.69) is 36.8 Å². The van der Waals surface area contributed by atoms with Crippen molar-refractivity contribution in [2.24, 2.45) is 0 Å². The Morgan fingerprint density at radius 2 is 2.21 bits per heavy atom. The highest BCUT2D eigenvalue weighted by atomic mass is 15.1. The van der Waals surface area contributed by atoms with Crippen LogP contribution in [0.1, 0.15) is 35.7 Å². The fourth-order valence-corrected chi connectivity index (χ4v) is 2.18. The normalized spacial score (nSPS) is 22.9. The zero-order valence-corrected chi connectivity index (χ0v) is 9.25. The van der Waals surface area contributed by atoms with Crippen LogP contribution < -0.4 is 0 Å². The molecule has 0 aliphatic carbocycles. The molecule has 2 rings (SSSR count). The van der Waals surface area contributed by atoms with Crippen molar-refractivity contribution in [3.63, 3.8) is 0 Å². The lowest BCUT2D eigenvalue weighted by Gasteiger charge is -2.20. The minimum Gasteiger partial charge on any atom is -0.299 e. The molecule has 0 saturated carbocycles. The van der Waals surface area contributed by atoms with Gasteiger partial charge in [-0.1, -0.05) is 6.07 Å². The number of aryl methyl sites for hydroxylation is 2. The summed E-state index contributed by atoms with van der Waals surface area (Å²) < 4.78 is 0. The van der Waals surface area contributed by atoms with E-state index < -0.39 is 0 Å². The summed E-state index contributed by atoms with van der Waals surface area (Å²) in [5.41, 5.74) is 3.84. The van der Waals surface area contributed by atoms with Crippen molar-refractivity contribution in [2.75, 3.05) is 13.6 Å². The lowest BCUT2D eigenvalue weighted by Crippen LogP contribution is -2.17. The van der Waals surface area contributed by atoms with E-state index in [1.165, 1.54) is 30.5 Å². The molecule has 0 aromatic carbocycles. The molecule has 1 aliphatic rings. The van der Waals surface area contributed by atoms with Gasteiger partial charge in [-0.2, -0.15) is 0 Å². The third-order valence-electron chi connectivity index (χ3n) is 3.27. The maximum Gasteiger partial charge on any atom is 0.0402 e. The van der Waals surface area contributed by atoms with Crippen LogP contribution in [0, 0.1) is 13.8 Å². The average molecular weight is 190 g/mol. The molecule has 1 unspecified atom stereocenters. The van der Waals surface area contributed by atoms with Gasteiger partial charge in [0.2, 0.25) is 0 Å². The largest absolute Gasteiger partial charge is 0.299 e. The number of aromatic nitrogens is 1. The molecule has 14 heavy (non-hydrogen) atoms. The molecule has 0 N–H and O–H groups in total. The Labute approximate surface area is 86.0 Å². The van der Waals surface area contributed by atoms with E-state index in [1.54, 1.807) is 0 Å². The van der Waals surface area contributed by atoms with Crippen molar-refractivity contribution in [1.29, 1.82) is 0 Å². The Balaban J connectivity index is 2.28. The molecule has 0 radical (unpaired) electrons. The van der Waals surface area contributed by atoms with E-state index in [-0.39, 0.29) is 0 Å². The second-order valence-corrected chi connectivity index (χ2v) is 4.31. The van der Waals surface area contributed by atoms with Gasteiger partial charge in [0.15, 0.2) is 0 Å². The summed E-state index contributed by atoms with van der Waals surface area (Å²) in [7, 11) is 2.20. The van der Waals surface area contributed by atoms with Gasteiger partial charge in [-0.05, 0) is 51.4 Å². The predicted octanol–water partition coefficient (Wildman–Crippen LogP) is 2.47. The summed E-state index contributed by atoms with van der Waals surface area (Å²) in [4.78, 5) is 6.85. The average Bonchev–Trinajstić information content (AvgIpc) is 2.57. The molecule has 0 amide bonds. The number of pyridine rings is 1. The number of nitrogens with zero attached hydrogens (tertiary/aromatic N) is 2. The topological polar surface area (TPSA) is 16.1 Å². The lowest BCUT2D eigenvalue weighted by atomic mass is 10.0. The molecule has 2 heteroatoms. The molecule has 1 fully saturated rings. The SMILES string of the molecule is Cc1cc(C2CCCN2C)cnc1C. The summed E-state index contributed by atoms with van der Waals surface area (Å²) in [6.45, 7) is 5.43. The molecule has 0 bridgehead atoms. The highest BCUT2D eigenvalue weighted by molar-refractivity contribution is 5.25. The first-order chi connectivity index (χ1) is 6.68. The molecule has 1 atom stereocenters. The van der Waals surface area contributed by atoms with Crippen molar-refractivity contribution in [1.82, 2.24) is 9.88 Å². The second kappa shape index (κ2) is 3.70. The van der Waals surface area contributed by atoms with Crippen molar-refractivity contribution >= 4 is 0 Å². The smallest absolute Gasteiger partial charge is 0.0402 e. The van der Waals surface area contributed by atoms with Crippen molar-refractivity contribution in [3.8, 4) is 0 Å². The summed E-state index contributed by atoms with van der Waals surface area (Å²) in [6.07, 6.45) is 4.63. The second-order valence-electron chi connectivity index (χ2n) is 4.31. The molecule has 76 valence electrons. The zero-order valence-electron chi connectivity index (χ0n) is 9.25. The molecule has 2 heterocycles. The Hall–Kier alpha value is -0.890. The lowest BCUT2D eigenvalue weighted by molar-refractivity contribution is 0.317. The van der Waals surface area contributed by atoms with Crippen LogP contribution in [0.3, 0.4) is 0 Å². The van der Waals surface area contributed by atoms with Crippen LogP contribution in [-0.4, -0.2) is 23.5 Å². The van der Waals surface area contributed by atoms with Crippen LogP contribution in [0.2, 0.25) is 0 Å². The maximum absolute atomic E-state index is 4.43. The quantitative estimate of drug-likeness (QED) is 0.676. The summed E-state index contributed by atoms with van der Waals surface area (Å²) >= 11 is 0. The van der Waals surface area contributed by atoms with Crippen LogP contribution in [0.4, 0.5) is 0 Å². The Kier molecular flexibility index (Phi) is 2.55. The van der Waals surface area contributed by atoms with E-state index in [0.717, 1.165) is 5.69 Å². The van der Waals surface area contributed by atoms with Gasteiger partial charge in [0.25, 0.3) is 0 Å². The summed E-state index contributed by atoms with van der Waals surface area (Å²) in [6, 6.07) is 2.89. The highest BCUT2D eigenvalue weighted by Gasteiger charge is 2.22. The zero-order chi connectivity index (χ0) is 10.1. The van der Waals surface area contributed by atoms with E-state index in [4.69, 9.17) is 0 Å². The first-order valence-corrected chi connectivity index (χ1v) is 5.32. The summed E-state index contributed by atoms with van der Waals surface area (Å²) in [5, 5.41) is 0. The number of rotatable bonds is 1. The Morgan fingerprint density at radius 1 is 1.43 bits per heavy atom. The van der Waals surface area contributed by atoms with Crippen LogP contribution in [-0.2, 0) is 0 Å². The van der Waals surface area contributed by atoms with Gasteiger partial charge in [-0.3, -0.25) is 9.88 Å². The molecule has 1 aromatic heterocycles. The van der Waals surface area contributed by atoms with Gasteiger partial charge >= 0.3 is 0 Å². The van der Waals surface area contributed by atoms with E-state index >= 15 is 0 Å². The van der Waals surface area contributed by atoms with Crippen molar-refractivity contribution in [2.45, 2.75) is 32.7 Å². The number of hydrogen-bond acceptors (Lipinski definition) is 2. The molecular weight excluding hydrogens is 172 g/mol. The highest BCUT2D eigenvalue weighted by Crippen LogP contribution is 2.30. The number of likely N-dealkylation sites (tertiary alicyclic amines) is 1.